The van der Waals surface area contributed by atoms with Gasteiger partial charge in [0.2, 0.25) is 13.7 Å². The van der Waals surface area contributed by atoms with Gasteiger partial charge in [-0.1, -0.05) is 29.7 Å². The van der Waals surface area contributed by atoms with Crippen LogP contribution in [0.15, 0.2) is 39.9 Å². The van der Waals surface area contributed by atoms with E-state index in [9.17, 15) is 4.79 Å². The normalized spacial score (nSPS) is 14.6. The summed E-state index contributed by atoms with van der Waals surface area (Å²) in [6.45, 7) is 1.98. The van der Waals surface area contributed by atoms with Gasteiger partial charge in [-0.2, -0.15) is 0 Å². The highest BCUT2D eigenvalue weighted by Crippen LogP contribution is 2.21. The highest BCUT2D eigenvalue weighted by Gasteiger charge is 2.09. The summed E-state index contributed by atoms with van der Waals surface area (Å²) in [5.74, 6) is 0. The minimum atomic E-state index is 0.527. The highest BCUT2D eigenvalue weighted by atomic mass is 16.1. The van der Waals surface area contributed by atoms with Crippen molar-refractivity contribution in [3.63, 3.8) is 0 Å². The molecule has 1 amide bonds. The molecule has 3 nitrogen and oxygen atoms in total. The third kappa shape index (κ3) is 2.16. The number of amides is 1. The fraction of sp³-hybridized carbons (Fsp3) is 0.0833. The van der Waals surface area contributed by atoms with Crippen LogP contribution in [0.1, 0.15) is 18.1 Å². The summed E-state index contributed by atoms with van der Waals surface area (Å²) < 4.78 is 0. The van der Waals surface area contributed by atoms with Gasteiger partial charge in [0.05, 0.1) is 0 Å². The topological polar surface area (TPSA) is 41.8 Å². The highest BCUT2D eigenvalue weighted by molar-refractivity contribution is 6.85. The van der Waals surface area contributed by atoms with Gasteiger partial charge in [0.25, 0.3) is 0 Å². The lowest BCUT2D eigenvalue weighted by Crippen LogP contribution is -1.94. The predicted octanol–water partition coefficient (Wildman–Crippen LogP) is 1.70. The summed E-state index contributed by atoms with van der Waals surface area (Å²) in [5.41, 5.74) is 4.19. The van der Waals surface area contributed by atoms with Gasteiger partial charge in [-0.15, -0.1) is 0 Å². The first-order valence-corrected chi connectivity index (χ1v) is 4.97. The summed E-state index contributed by atoms with van der Waals surface area (Å²) in [5, 5.41) is 0. The van der Waals surface area contributed by atoms with Crippen LogP contribution in [0, 0.1) is 0 Å². The van der Waals surface area contributed by atoms with E-state index in [0.29, 0.717) is 6.41 Å². The smallest absolute Gasteiger partial charge is 0.232 e. The zero-order valence-electron chi connectivity index (χ0n) is 8.92. The molecule has 77 valence electrons. The molecule has 0 N–H and O–H groups in total. The van der Waals surface area contributed by atoms with Crippen molar-refractivity contribution in [1.82, 2.24) is 0 Å². The van der Waals surface area contributed by atoms with Gasteiger partial charge in [-0.3, -0.25) is 9.79 Å². The molecular weight excluding hydrogens is 199 g/mol. The molecule has 0 aliphatic carbocycles. The minimum Gasteiger partial charge on any atom is -0.277 e. The maximum atomic E-state index is 10.1. The Bertz CT molecular complexity index is 486. The molecule has 1 aromatic rings. The molecule has 1 aliphatic rings. The molecule has 1 radical (unpaired) electrons. The van der Waals surface area contributed by atoms with Gasteiger partial charge >= 0.3 is 0 Å². The van der Waals surface area contributed by atoms with E-state index in [1.165, 1.54) is 6.21 Å². The largest absolute Gasteiger partial charge is 0.277 e. The quantitative estimate of drug-likeness (QED) is 0.424. The zero-order chi connectivity index (χ0) is 11.4. The first-order chi connectivity index (χ1) is 7.81. The molecular formula is C12H10BN2O. The SMILES string of the molecule is CC1=C(c2ccc(C=NC=O)cc2)[B]C=N1. The Morgan fingerprint density at radius 1 is 1.31 bits per heavy atom. The third-order valence-corrected chi connectivity index (χ3v) is 2.41. The zero-order valence-corrected chi connectivity index (χ0v) is 8.92. The standard InChI is InChI=1S/C12H10BN2O/c1-9-12(13-7-15-9)11-4-2-10(3-5-11)6-14-8-16/h2-8H,1H3. The number of benzene rings is 1. The maximum absolute atomic E-state index is 10.1. The van der Waals surface area contributed by atoms with Crippen molar-refractivity contribution in [2.75, 3.05) is 0 Å². The number of nitrogens with zero attached hydrogens (tertiary/aromatic N) is 2. The molecule has 0 saturated heterocycles. The van der Waals surface area contributed by atoms with E-state index in [2.05, 4.69) is 9.98 Å². The van der Waals surface area contributed by atoms with Gasteiger partial charge < -0.3 is 0 Å². The lowest BCUT2D eigenvalue weighted by molar-refractivity contribution is -0.106. The Kier molecular flexibility index (Phi) is 3.10. The predicted molar refractivity (Wildman–Crippen MR) is 66.9 cm³/mol. The summed E-state index contributed by atoms with van der Waals surface area (Å²) in [6.07, 6.45) is 3.86. The van der Waals surface area contributed by atoms with Gasteiger partial charge in [0, 0.05) is 11.9 Å². The van der Waals surface area contributed by atoms with Crippen molar-refractivity contribution >= 4 is 31.5 Å². The lowest BCUT2D eigenvalue weighted by Gasteiger charge is -2.03. The van der Waals surface area contributed by atoms with E-state index >= 15 is 0 Å². The number of hydrogen-bond donors (Lipinski definition) is 0. The Morgan fingerprint density at radius 2 is 2.06 bits per heavy atom. The first-order valence-electron chi connectivity index (χ1n) is 4.97. The fourth-order valence-electron chi connectivity index (χ4n) is 1.58. The second kappa shape index (κ2) is 4.70. The van der Waals surface area contributed by atoms with Crippen LogP contribution in [0.4, 0.5) is 0 Å². The van der Waals surface area contributed by atoms with Gasteiger partial charge in [0.1, 0.15) is 0 Å². The van der Waals surface area contributed by atoms with E-state index in [1.807, 2.05) is 38.5 Å². The van der Waals surface area contributed by atoms with Crippen molar-refractivity contribution in [3.8, 4) is 0 Å². The van der Waals surface area contributed by atoms with Gasteiger partial charge in [0.15, 0.2) is 0 Å². The fourth-order valence-corrected chi connectivity index (χ4v) is 1.58. The number of hydrogen-bond acceptors (Lipinski definition) is 2. The number of aliphatic imine (C=N–C) groups is 2. The average Bonchev–Trinajstić information content (AvgIpc) is 2.74. The maximum Gasteiger partial charge on any atom is 0.232 e. The molecule has 1 aliphatic heterocycles. The van der Waals surface area contributed by atoms with Crippen LogP contribution in [0.2, 0.25) is 0 Å². The Balaban J connectivity index is 2.23. The van der Waals surface area contributed by atoms with Crippen molar-refractivity contribution in [2.24, 2.45) is 9.98 Å². The second-order valence-electron chi connectivity index (χ2n) is 3.45. The first kappa shape index (κ1) is 10.5. The summed E-state index contributed by atoms with van der Waals surface area (Å²) in [7, 11) is 1.99. The molecule has 0 bridgehead atoms. The van der Waals surface area contributed by atoms with E-state index in [-0.39, 0.29) is 0 Å². The molecule has 0 fully saturated rings. The number of allylic oxidation sites excluding steroid dienone is 1. The molecule has 1 heterocycles. The summed E-state index contributed by atoms with van der Waals surface area (Å²) in [6, 6.07) is 7.84. The van der Waals surface area contributed by atoms with Crippen molar-refractivity contribution < 1.29 is 4.79 Å². The summed E-state index contributed by atoms with van der Waals surface area (Å²) in [4.78, 5) is 17.8. The van der Waals surface area contributed by atoms with Crippen LogP contribution in [0.5, 0.6) is 0 Å². The van der Waals surface area contributed by atoms with E-state index in [1.54, 1.807) is 6.11 Å². The Labute approximate surface area is 94.9 Å². The van der Waals surface area contributed by atoms with Crippen LogP contribution in [-0.4, -0.2) is 26.0 Å². The molecule has 0 atom stereocenters. The van der Waals surface area contributed by atoms with Gasteiger partial charge in [-0.05, 0) is 24.2 Å². The van der Waals surface area contributed by atoms with Crippen molar-refractivity contribution in [2.45, 2.75) is 6.92 Å². The number of rotatable bonds is 3. The van der Waals surface area contributed by atoms with Crippen LogP contribution in [0.25, 0.3) is 5.47 Å². The van der Waals surface area contributed by atoms with E-state index in [0.717, 1.165) is 22.3 Å². The van der Waals surface area contributed by atoms with Crippen LogP contribution in [0.3, 0.4) is 0 Å². The average molecular weight is 209 g/mol. The molecule has 1 aromatic carbocycles. The molecule has 0 spiro atoms. The Hall–Kier alpha value is -1.97. The molecule has 16 heavy (non-hydrogen) atoms. The van der Waals surface area contributed by atoms with Crippen molar-refractivity contribution in [3.05, 3.63) is 41.1 Å². The monoisotopic (exact) mass is 209 g/mol. The van der Waals surface area contributed by atoms with Crippen LogP contribution in [-0.2, 0) is 4.79 Å². The molecule has 0 aromatic heterocycles. The van der Waals surface area contributed by atoms with E-state index < -0.39 is 0 Å². The third-order valence-electron chi connectivity index (χ3n) is 2.41. The molecule has 4 heteroatoms. The van der Waals surface area contributed by atoms with Gasteiger partial charge in [-0.25, -0.2) is 4.99 Å². The lowest BCUT2D eigenvalue weighted by atomic mass is 9.69. The van der Waals surface area contributed by atoms with Crippen LogP contribution < -0.4 is 0 Å². The van der Waals surface area contributed by atoms with Crippen molar-refractivity contribution in [1.29, 1.82) is 0 Å². The molecule has 0 saturated carbocycles. The van der Waals surface area contributed by atoms with Crippen LogP contribution >= 0.6 is 0 Å². The molecule has 0 unspecified atom stereocenters. The molecule has 2 rings (SSSR count). The summed E-state index contributed by atoms with van der Waals surface area (Å²) >= 11 is 0. The minimum absolute atomic E-state index is 0.527. The van der Waals surface area contributed by atoms with E-state index in [4.69, 9.17) is 0 Å². The number of carbonyl (C=O) groups excluding carboxylic acids is 1. The number of carbonyl (C=O) groups is 1. The second-order valence-corrected chi connectivity index (χ2v) is 3.45. The Morgan fingerprint density at radius 3 is 2.62 bits per heavy atom.